The topological polar surface area (TPSA) is 70.7 Å². The van der Waals surface area contributed by atoms with Crippen LogP contribution in [0.3, 0.4) is 0 Å². The van der Waals surface area contributed by atoms with Gasteiger partial charge in [0.1, 0.15) is 5.60 Å². The third-order valence-electron chi connectivity index (χ3n) is 4.23. The average Bonchev–Trinajstić information content (AvgIpc) is 2.50. The zero-order valence-electron chi connectivity index (χ0n) is 15.8. The summed E-state index contributed by atoms with van der Waals surface area (Å²) in [5, 5.41) is 5.50. The first-order chi connectivity index (χ1) is 11.3. The van der Waals surface area contributed by atoms with Gasteiger partial charge in [-0.25, -0.2) is 4.79 Å². The first-order valence-corrected chi connectivity index (χ1v) is 9.22. The molecule has 2 N–H and O–H groups in total. The Kier molecular flexibility index (Phi) is 9.11. The summed E-state index contributed by atoms with van der Waals surface area (Å²) >= 11 is 0. The number of nitrogens with zero attached hydrogens (tertiary/aromatic N) is 1. The summed E-state index contributed by atoms with van der Waals surface area (Å²) in [5.41, 5.74) is -0.517. The van der Waals surface area contributed by atoms with Crippen molar-refractivity contribution in [2.45, 2.75) is 77.4 Å². The van der Waals surface area contributed by atoms with Crippen molar-refractivity contribution in [3.63, 3.8) is 0 Å². The van der Waals surface area contributed by atoms with Gasteiger partial charge in [-0.1, -0.05) is 19.3 Å². The fourth-order valence-corrected chi connectivity index (χ4v) is 2.94. The van der Waals surface area contributed by atoms with Crippen molar-refractivity contribution in [3.8, 4) is 0 Å². The molecule has 0 aliphatic heterocycles. The zero-order chi connectivity index (χ0) is 18.0. The predicted octanol–water partition coefficient (Wildman–Crippen LogP) is 2.67. The molecule has 0 aromatic rings. The summed E-state index contributed by atoms with van der Waals surface area (Å²) < 4.78 is 5.11. The highest BCUT2D eigenvalue weighted by molar-refractivity contribution is 5.76. The molecule has 1 aliphatic rings. The molecular formula is C18H35N3O3. The molecule has 0 aromatic carbocycles. The molecule has 0 aromatic heterocycles. The van der Waals surface area contributed by atoms with E-state index in [4.69, 9.17) is 4.74 Å². The van der Waals surface area contributed by atoms with Crippen LogP contribution in [0.4, 0.5) is 4.79 Å². The lowest BCUT2D eigenvalue weighted by atomic mass is 9.94. The molecule has 2 amide bonds. The second-order valence-electron chi connectivity index (χ2n) is 7.65. The quantitative estimate of drug-likeness (QED) is 0.666. The van der Waals surface area contributed by atoms with E-state index in [0.29, 0.717) is 19.1 Å². The average molecular weight is 341 g/mol. The van der Waals surface area contributed by atoms with Gasteiger partial charge in [0.25, 0.3) is 0 Å². The van der Waals surface area contributed by atoms with Crippen molar-refractivity contribution in [3.05, 3.63) is 0 Å². The molecule has 6 heteroatoms. The van der Waals surface area contributed by atoms with Crippen LogP contribution in [-0.2, 0) is 9.53 Å². The Morgan fingerprint density at radius 3 is 2.38 bits per heavy atom. The molecule has 1 fully saturated rings. The Balaban J connectivity index is 2.02. The van der Waals surface area contributed by atoms with Crippen LogP contribution in [0.15, 0.2) is 0 Å². The SMILES string of the molecule is CN(CCCNC(=O)CCNC(=O)OC(C)(C)C)C1CCCCC1. The van der Waals surface area contributed by atoms with E-state index in [1.807, 2.05) is 20.8 Å². The number of hydrogen-bond acceptors (Lipinski definition) is 4. The van der Waals surface area contributed by atoms with Gasteiger partial charge in [-0.05, 0) is 53.6 Å². The van der Waals surface area contributed by atoms with Crippen LogP contribution in [-0.4, -0.2) is 55.2 Å². The third-order valence-corrected chi connectivity index (χ3v) is 4.23. The van der Waals surface area contributed by atoms with Crippen LogP contribution < -0.4 is 10.6 Å². The number of ether oxygens (including phenoxy) is 1. The lowest BCUT2D eigenvalue weighted by Gasteiger charge is -2.31. The number of hydrogen-bond donors (Lipinski definition) is 2. The van der Waals surface area contributed by atoms with E-state index in [0.717, 1.165) is 13.0 Å². The molecule has 0 saturated heterocycles. The van der Waals surface area contributed by atoms with Crippen molar-refractivity contribution >= 4 is 12.0 Å². The normalized spacial score (nSPS) is 16.0. The zero-order valence-corrected chi connectivity index (χ0v) is 15.8. The van der Waals surface area contributed by atoms with Gasteiger partial charge in [0.15, 0.2) is 0 Å². The fourth-order valence-electron chi connectivity index (χ4n) is 2.94. The number of carbonyl (C=O) groups is 2. The van der Waals surface area contributed by atoms with Gasteiger partial charge < -0.3 is 20.3 Å². The van der Waals surface area contributed by atoms with E-state index < -0.39 is 11.7 Å². The van der Waals surface area contributed by atoms with Gasteiger partial charge in [0, 0.05) is 25.6 Å². The van der Waals surface area contributed by atoms with Gasteiger partial charge in [-0.15, -0.1) is 0 Å². The van der Waals surface area contributed by atoms with Crippen LogP contribution in [0.25, 0.3) is 0 Å². The highest BCUT2D eigenvalue weighted by Crippen LogP contribution is 2.21. The van der Waals surface area contributed by atoms with Crippen molar-refractivity contribution in [2.24, 2.45) is 0 Å². The van der Waals surface area contributed by atoms with E-state index in [9.17, 15) is 9.59 Å². The van der Waals surface area contributed by atoms with Crippen LogP contribution >= 0.6 is 0 Å². The van der Waals surface area contributed by atoms with Crippen molar-refractivity contribution in [1.29, 1.82) is 0 Å². The van der Waals surface area contributed by atoms with Gasteiger partial charge in [-0.3, -0.25) is 4.79 Å². The number of amides is 2. The minimum Gasteiger partial charge on any atom is -0.444 e. The number of nitrogens with one attached hydrogen (secondary N) is 2. The second-order valence-corrected chi connectivity index (χ2v) is 7.65. The molecule has 0 atom stereocenters. The summed E-state index contributed by atoms with van der Waals surface area (Å²) in [6, 6.07) is 0.715. The summed E-state index contributed by atoms with van der Waals surface area (Å²) in [7, 11) is 2.18. The molecule has 1 rings (SSSR count). The van der Waals surface area contributed by atoms with Crippen LogP contribution in [0.5, 0.6) is 0 Å². The maximum absolute atomic E-state index is 11.7. The van der Waals surface area contributed by atoms with Crippen LogP contribution in [0, 0.1) is 0 Å². The monoisotopic (exact) mass is 341 g/mol. The number of rotatable bonds is 8. The maximum atomic E-state index is 11.7. The molecule has 1 aliphatic carbocycles. The molecular weight excluding hydrogens is 306 g/mol. The molecule has 6 nitrogen and oxygen atoms in total. The Labute approximate surface area is 146 Å². The molecule has 0 heterocycles. The molecule has 24 heavy (non-hydrogen) atoms. The summed E-state index contributed by atoms with van der Waals surface area (Å²) in [6.07, 6.45) is 7.42. The highest BCUT2D eigenvalue weighted by Gasteiger charge is 2.17. The lowest BCUT2D eigenvalue weighted by molar-refractivity contribution is -0.120. The van der Waals surface area contributed by atoms with E-state index in [-0.39, 0.29) is 12.3 Å². The van der Waals surface area contributed by atoms with Gasteiger partial charge in [0.05, 0.1) is 0 Å². The minimum atomic E-state index is -0.517. The van der Waals surface area contributed by atoms with Crippen LogP contribution in [0.2, 0.25) is 0 Å². The first-order valence-electron chi connectivity index (χ1n) is 9.22. The van der Waals surface area contributed by atoms with E-state index in [1.165, 1.54) is 32.1 Å². The highest BCUT2D eigenvalue weighted by atomic mass is 16.6. The van der Waals surface area contributed by atoms with E-state index >= 15 is 0 Å². The third kappa shape index (κ3) is 9.75. The van der Waals surface area contributed by atoms with Crippen molar-refractivity contribution in [1.82, 2.24) is 15.5 Å². The summed E-state index contributed by atoms with van der Waals surface area (Å²) in [6.45, 7) is 7.42. The van der Waals surface area contributed by atoms with Crippen LogP contribution in [0.1, 0.15) is 65.7 Å². The molecule has 0 bridgehead atoms. The standard InChI is InChI=1S/C18H35N3O3/c1-18(2,3)24-17(23)20-13-11-16(22)19-12-8-14-21(4)15-9-6-5-7-10-15/h15H,5-14H2,1-4H3,(H,19,22)(H,20,23). The Morgan fingerprint density at radius 1 is 1.08 bits per heavy atom. The largest absolute Gasteiger partial charge is 0.444 e. The summed E-state index contributed by atoms with van der Waals surface area (Å²) in [4.78, 5) is 25.6. The van der Waals surface area contributed by atoms with E-state index in [1.54, 1.807) is 0 Å². The molecule has 0 unspecified atom stereocenters. The van der Waals surface area contributed by atoms with Crippen molar-refractivity contribution in [2.75, 3.05) is 26.7 Å². The van der Waals surface area contributed by atoms with Gasteiger partial charge in [0.2, 0.25) is 5.91 Å². The lowest BCUT2D eigenvalue weighted by Crippen LogP contribution is -2.37. The molecule has 1 saturated carbocycles. The first kappa shape index (κ1) is 20.7. The van der Waals surface area contributed by atoms with E-state index in [2.05, 4.69) is 22.6 Å². The van der Waals surface area contributed by atoms with Gasteiger partial charge in [-0.2, -0.15) is 0 Å². The fraction of sp³-hybridized carbons (Fsp3) is 0.889. The molecule has 0 radical (unpaired) electrons. The number of alkyl carbamates (subject to hydrolysis) is 1. The Bertz CT molecular complexity index is 387. The number of carbonyl (C=O) groups excluding carboxylic acids is 2. The smallest absolute Gasteiger partial charge is 0.407 e. The predicted molar refractivity (Wildman–Crippen MR) is 96.0 cm³/mol. The van der Waals surface area contributed by atoms with Crippen molar-refractivity contribution < 1.29 is 14.3 Å². The minimum absolute atomic E-state index is 0.0358. The van der Waals surface area contributed by atoms with Gasteiger partial charge >= 0.3 is 6.09 Å². The molecule has 0 spiro atoms. The Hall–Kier alpha value is -1.30. The maximum Gasteiger partial charge on any atom is 0.407 e. The Morgan fingerprint density at radius 2 is 1.75 bits per heavy atom. The summed E-state index contributed by atoms with van der Waals surface area (Å²) in [5.74, 6) is -0.0358. The second kappa shape index (κ2) is 10.5. The molecule has 140 valence electrons.